The first kappa shape index (κ1) is 11.1. The summed E-state index contributed by atoms with van der Waals surface area (Å²) in [5.41, 5.74) is 0.967. The average molecular weight is 266 g/mol. The zero-order chi connectivity index (χ0) is 12.0. The number of fused-ring (bicyclic) bond motifs is 1. The van der Waals surface area contributed by atoms with E-state index in [-0.39, 0.29) is 0 Å². The second kappa shape index (κ2) is 4.03. The van der Waals surface area contributed by atoms with E-state index < -0.39 is 0 Å². The van der Waals surface area contributed by atoms with Gasteiger partial charge in [-0.05, 0) is 32.0 Å². The van der Waals surface area contributed by atoms with Crippen molar-refractivity contribution in [3.63, 3.8) is 0 Å². The maximum atomic E-state index is 5.33. The molecule has 0 amide bonds. The number of nitrogens with zero attached hydrogens (tertiary/aromatic N) is 4. The Hall–Kier alpha value is -1.01. The standard InChI is InChI=1S/C11H14N4S2/c1-7-12-9-8(17-11(16)14(9)2)10(13-7)15-5-3-4-6-15/h3-6H2,1-2H3. The minimum Gasteiger partial charge on any atom is -0.355 e. The molecule has 1 fully saturated rings. The molecule has 0 atom stereocenters. The Kier molecular flexibility index (Phi) is 2.63. The number of aromatic nitrogens is 3. The molecule has 0 radical (unpaired) electrons. The molecule has 0 bridgehead atoms. The third-order valence-electron chi connectivity index (χ3n) is 3.13. The van der Waals surface area contributed by atoms with Crippen LogP contribution in [-0.4, -0.2) is 27.6 Å². The van der Waals surface area contributed by atoms with Gasteiger partial charge in [0, 0.05) is 20.1 Å². The van der Waals surface area contributed by atoms with Crippen LogP contribution >= 0.6 is 23.6 Å². The van der Waals surface area contributed by atoms with E-state index in [4.69, 9.17) is 12.2 Å². The molecule has 0 aliphatic carbocycles. The minimum atomic E-state index is 0.822. The summed E-state index contributed by atoms with van der Waals surface area (Å²) in [5, 5.41) is 0. The topological polar surface area (TPSA) is 34.0 Å². The average Bonchev–Trinajstić information content (AvgIpc) is 2.90. The fourth-order valence-electron chi connectivity index (χ4n) is 2.24. The van der Waals surface area contributed by atoms with Gasteiger partial charge in [-0.1, -0.05) is 11.3 Å². The monoisotopic (exact) mass is 266 g/mol. The van der Waals surface area contributed by atoms with Gasteiger partial charge in [0.05, 0.1) is 0 Å². The smallest absolute Gasteiger partial charge is 0.163 e. The Balaban J connectivity index is 2.29. The summed E-state index contributed by atoms with van der Waals surface area (Å²) in [7, 11) is 1.97. The maximum absolute atomic E-state index is 5.33. The zero-order valence-corrected chi connectivity index (χ0v) is 11.6. The maximum Gasteiger partial charge on any atom is 0.163 e. The van der Waals surface area contributed by atoms with Crippen LogP contribution in [0.1, 0.15) is 18.7 Å². The van der Waals surface area contributed by atoms with Crippen molar-refractivity contribution in [2.24, 2.45) is 7.05 Å². The zero-order valence-electron chi connectivity index (χ0n) is 9.93. The molecular weight excluding hydrogens is 252 g/mol. The lowest BCUT2D eigenvalue weighted by Crippen LogP contribution is -2.19. The van der Waals surface area contributed by atoms with Crippen LogP contribution in [0.5, 0.6) is 0 Å². The van der Waals surface area contributed by atoms with Gasteiger partial charge in [-0.25, -0.2) is 9.97 Å². The van der Waals surface area contributed by atoms with Crippen LogP contribution < -0.4 is 4.90 Å². The first-order valence-electron chi connectivity index (χ1n) is 5.76. The van der Waals surface area contributed by atoms with Crippen molar-refractivity contribution < 1.29 is 0 Å². The van der Waals surface area contributed by atoms with Gasteiger partial charge < -0.3 is 9.47 Å². The van der Waals surface area contributed by atoms with Gasteiger partial charge in [-0.2, -0.15) is 0 Å². The highest BCUT2D eigenvalue weighted by Crippen LogP contribution is 2.31. The van der Waals surface area contributed by atoms with Crippen molar-refractivity contribution in [3.05, 3.63) is 9.78 Å². The van der Waals surface area contributed by atoms with E-state index in [2.05, 4.69) is 14.9 Å². The van der Waals surface area contributed by atoms with Gasteiger partial charge in [-0.15, -0.1) is 0 Å². The van der Waals surface area contributed by atoms with E-state index in [1.807, 2.05) is 18.5 Å². The minimum absolute atomic E-state index is 0.822. The van der Waals surface area contributed by atoms with E-state index in [9.17, 15) is 0 Å². The molecule has 6 heteroatoms. The molecule has 1 saturated heterocycles. The van der Waals surface area contributed by atoms with Crippen LogP contribution in [0, 0.1) is 10.9 Å². The normalized spacial score (nSPS) is 16.0. The van der Waals surface area contributed by atoms with Crippen molar-refractivity contribution in [3.8, 4) is 0 Å². The quantitative estimate of drug-likeness (QED) is 0.743. The molecule has 3 rings (SSSR count). The van der Waals surface area contributed by atoms with Crippen LogP contribution in [0.15, 0.2) is 0 Å². The van der Waals surface area contributed by atoms with Crippen molar-refractivity contribution in [1.29, 1.82) is 0 Å². The second-order valence-corrected chi connectivity index (χ2v) is 6.01. The van der Waals surface area contributed by atoms with Crippen LogP contribution in [0.4, 0.5) is 5.82 Å². The predicted octanol–water partition coefficient (Wildman–Crippen LogP) is 2.67. The number of thiazole rings is 1. The molecule has 0 spiro atoms. The Morgan fingerprint density at radius 3 is 2.65 bits per heavy atom. The number of hydrogen-bond donors (Lipinski definition) is 0. The van der Waals surface area contributed by atoms with Gasteiger partial charge in [0.1, 0.15) is 10.5 Å². The Morgan fingerprint density at radius 1 is 1.24 bits per heavy atom. The first-order chi connectivity index (χ1) is 8.16. The molecule has 3 heterocycles. The molecule has 0 saturated carbocycles. The molecule has 0 aromatic carbocycles. The fraction of sp³-hybridized carbons (Fsp3) is 0.545. The van der Waals surface area contributed by atoms with Gasteiger partial charge >= 0.3 is 0 Å². The highest BCUT2D eigenvalue weighted by molar-refractivity contribution is 7.73. The number of rotatable bonds is 1. The molecule has 2 aromatic rings. The van der Waals surface area contributed by atoms with Crippen LogP contribution in [0.2, 0.25) is 0 Å². The Morgan fingerprint density at radius 2 is 1.94 bits per heavy atom. The fourth-order valence-corrected chi connectivity index (χ4v) is 3.51. The van der Waals surface area contributed by atoms with Crippen molar-refractivity contribution in [1.82, 2.24) is 14.5 Å². The second-order valence-electron chi connectivity index (χ2n) is 4.37. The van der Waals surface area contributed by atoms with Crippen LogP contribution in [0.25, 0.3) is 10.3 Å². The van der Waals surface area contributed by atoms with Gasteiger partial charge in [0.2, 0.25) is 0 Å². The third kappa shape index (κ3) is 1.75. The molecule has 1 aliphatic rings. The van der Waals surface area contributed by atoms with Crippen molar-refractivity contribution in [2.75, 3.05) is 18.0 Å². The van der Waals surface area contributed by atoms with E-state index in [0.29, 0.717) is 0 Å². The highest BCUT2D eigenvalue weighted by Gasteiger charge is 2.19. The SMILES string of the molecule is Cc1nc(N2CCCC2)c2sc(=S)n(C)c2n1. The van der Waals surface area contributed by atoms with Crippen LogP contribution in [0.3, 0.4) is 0 Å². The third-order valence-corrected chi connectivity index (χ3v) is 4.67. The lowest BCUT2D eigenvalue weighted by Gasteiger charge is -2.17. The Bertz CT molecular complexity index is 622. The van der Waals surface area contributed by atoms with Gasteiger partial charge in [0.15, 0.2) is 15.4 Å². The van der Waals surface area contributed by atoms with Gasteiger partial charge in [-0.3, -0.25) is 0 Å². The van der Waals surface area contributed by atoms with E-state index in [1.165, 1.54) is 12.8 Å². The largest absolute Gasteiger partial charge is 0.355 e. The number of anilines is 1. The summed E-state index contributed by atoms with van der Waals surface area (Å²) in [5.74, 6) is 1.89. The van der Waals surface area contributed by atoms with Crippen molar-refractivity contribution >= 4 is 39.7 Å². The van der Waals surface area contributed by atoms with Gasteiger partial charge in [0.25, 0.3) is 0 Å². The Labute approximate surface area is 109 Å². The summed E-state index contributed by atoms with van der Waals surface area (Å²) in [4.78, 5) is 11.4. The number of hydrogen-bond acceptors (Lipinski definition) is 5. The summed E-state index contributed by atoms with van der Waals surface area (Å²) >= 11 is 6.94. The first-order valence-corrected chi connectivity index (χ1v) is 6.98. The summed E-state index contributed by atoms with van der Waals surface area (Å²) in [6.45, 7) is 4.14. The summed E-state index contributed by atoms with van der Waals surface area (Å²) in [6.07, 6.45) is 2.51. The molecular formula is C11H14N4S2. The van der Waals surface area contributed by atoms with Crippen molar-refractivity contribution in [2.45, 2.75) is 19.8 Å². The molecule has 17 heavy (non-hydrogen) atoms. The summed E-state index contributed by atoms with van der Waals surface area (Å²) < 4.78 is 3.97. The lowest BCUT2D eigenvalue weighted by atomic mass is 10.4. The van der Waals surface area contributed by atoms with E-state index >= 15 is 0 Å². The molecule has 0 unspecified atom stereocenters. The molecule has 1 aliphatic heterocycles. The van der Waals surface area contributed by atoms with E-state index in [1.54, 1.807) is 11.3 Å². The summed E-state index contributed by atoms with van der Waals surface area (Å²) in [6, 6.07) is 0. The molecule has 4 nitrogen and oxygen atoms in total. The van der Waals surface area contributed by atoms with Crippen LogP contribution in [-0.2, 0) is 7.05 Å². The lowest BCUT2D eigenvalue weighted by molar-refractivity contribution is 0.899. The predicted molar refractivity (Wildman–Crippen MR) is 73.4 cm³/mol. The molecule has 2 aromatic heterocycles. The molecule has 0 N–H and O–H groups in total. The highest BCUT2D eigenvalue weighted by atomic mass is 32.1. The molecule has 90 valence electrons. The number of aryl methyl sites for hydroxylation is 2. The van der Waals surface area contributed by atoms with E-state index in [0.717, 1.165) is 39.0 Å².